The lowest BCUT2D eigenvalue weighted by Crippen LogP contribution is -1.85. The monoisotopic (exact) mass is 264 g/mol. The third-order valence-corrected chi connectivity index (χ3v) is 4.19. The number of thiophene rings is 1. The predicted octanol–water partition coefficient (Wildman–Crippen LogP) is 5.24. The zero-order valence-electron chi connectivity index (χ0n) is 10.3. The van der Waals surface area contributed by atoms with Crippen LogP contribution in [0.2, 0.25) is 0 Å². The van der Waals surface area contributed by atoms with Gasteiger partial charge in [0.2, 0.25) is 0 Å². The van der Waals surface area contributed by atoms with E-state index < -0.39 is 0 Å². The quantitative estimate of drug-likeness (QED) is 0.482. The van der Waals surface area contributed by atoms with Crippen LogP contribution in [0, 0.1) is 0 Å². The zero-order chi connectivity index (χ0) is 12.7. The molecule has 0 unspecified atom stereocenters. The molecule has 4 rings (SSSR count). The highest BCUT2D eigenvalue weighted by Gasteiger charge is 2.10. The van der Waals surface area contributed by atoms with Crippen molar-refractivity contribution in [2.45, 2.75) is 6.42 Å². The highest BCUT2D eigenvalue weighted by Crippen LogP contribution is 2.31. The van der Waals surface area contributed by atoms with Crippen LogP contribution in [0.5, 0.6) is 0 Å². The fourth-order valence-corrected chi connectivity index (χ4v) is 3.23. The summed E-state index contributed by atoms with van der Waals surface area (Å²) in [5.41, 5.74) is 4.59. The molecule has 0 spiro atoms. The van der Waals surface area contributed by atoms with Crippen LogP contribution < -0.4 is 0 Å². The van der Waals surface area contributed by atoms with Gasteiger partial charge in [0, 0.05) is 17.2 Å². The average molecular weight is 264 g/mol. The standard InChI is InChI=1S/C17H12OS/c1-2-7-16-14(5-1)15-6-3-4-13(17(15)18-16)10-12-8-9-19-11-12/h1-9,11H,10H2. The molecule has 2 heterocycles. The van der Waals surface area contributed by atoms with Crippen molar-refractivity contribution < 1.29 is 4.42 Å². The van der Waals surface area contributed by atoms with Gasteiger partial charge in [-0.2, -0.15) is 11.3 Å². The molecule has 0 aliphatic carbocycles. The van der Waals surface area contributed by atoms with Crippen molar-refractivity contribution >= 4 is 33.3 Å². The van der Waals surface area contributed by atoms with Gasteiger partial charge >= 0.3 is 0 Å². The number of hydrogen-bond donors (Lipinski definition) is 0. The normalized spacial score (nSPS) is 11.4. The van der Waals surface area contributed by atoms with Crippen molar-refractivity contribution in [1.82, 2.24) is 0 Å². The molecule has 2 heteroatoms. The molecule has 0 aliphatic rings. The Morgan fingerprint density at radius 2 is 1.79 bits per heavy atom. The first-order valence-corrected chi connectivity index (χ1v) is 7.26. The summed E-state index contributed by atoms with van der Waals surface area (Å²) in [5, 5.41) is 6.73. The summed E-state index contributed by atoms with van der Waals surface area (Å²) in [6.45, 7) is 0. The molecule has 0 N–H and O–H groups in total. The number of hydrogen-bond acceptors (Lipinski definition) is 2. The second-order valence-corrected chi connectivity index (χ2v) is 5.48. The lowest BCUT2D eigenvalue weighted by molar-refractivity contribution is 0.664. The molecule has 0 atom stereocenters. The minimum atomic E-state index is 0.931. The molecule has 1 nitrogen and oxygen atoms in total. The van der Waals surface area contributed by atoms with E-state index in [9.17, 15) is 0 Å². The molecule has 0 amide bonds. The van der Waals surface area contributed by atoms with Crippen LogP contribution in [0.15, 0.2) is 63.7 Å². The molecule has 4 aromatic rings. The Morgan fingerprint density at radius 1 is 0.895 bits per heavy atom. The van der Waals surface area contributed by atoms with E-state index in [4.69, 9.17) is 4.42 Å². The van der Waals surface area contributed by atoms with Crippen molar-refractivity contribution in [3.63, 3.8) is 0 Å². The van der Waals surface area contributed by atoms with Gasteiger partial charge in [-0.15, -0.1) is 0 Å². The molecule has 19 heavy (non-hydrogen) atoms. The minimum Gasteiger partial charge on any atom is -0.456 e. The molecular formula is C17H12OS. The van der Waals surface area contributed by atoms with Crippen molar-refractivity contribution in [1.29, 1.82) is 0 Å². The topological polar surface area (TPSA) is 13.1 Å². The van der Waals surface area contributed by atoms with Crippen molar-refractivity contribution in [2.75, 3.05) is 0 Å². The SMILES string of the molecule is c1ccc2c(c1)oc1c(Cc3ccsc3)cccc12. The van der Waals surface area contributed by atoms with Crippen LogP contribution in [-0.2, 0) is 6.42 Å². The number of benzene rings is 2. The summed E-state index contributed by atoms with van der Waals surface area (Å²) in [6, 6.07) is 16.8. The Morgan fingerprint density at radius 3 is 2.68 bits per heavy atom. The first-order chi connectivity index (χ1) is 9.42. The van der Waals surface area contributed by atoms with Gasteiger partial charge in [-0.1, -0.05) is 36.4 Å². The summed E-state index contributed by atoms with van der Waals surface area (Å²) >= 11 is 1.74. The number of fused-ring (bicyclic) bond motifs is 3. The maximum Gasteiger partial charge on any atom is 0.138 e. The van der Waals surface area contributed by atoms with Gasteiger partial charge in [0.15, 0.2) is 0 Å². The smallest absolute Gasteiger partial charge is 0.138 e. The Bertz CT molecular complexity index is 840. The van der Waals surface area contributed by atoms with E-state index in [0.717, 1.165) is 17.6 Å². The number of rotatable bonds is 2. The van der Waals surface area contributed by atoms with Gasteiger partial charge in [-0.3, -0.25) is 0 Å². The van der Waals surface area contributed by atoms with Crippen LogP contribution in [0.3, 0.4) is 0 Å². The second-order valence-electron chi connectivity index (χ2n) is 4.70. The number of para-hydroxylation sites is 2. The molecule has 0 radical (unpaired) electrons. The molecule has 0 bridgehead atoms. The summed E-state index contributed by atoms with van der Waals surface area (Å²) < 4.78 is 6.04. The van der Waals surface area contributed by atoms with Crippen LogP contribution >= 0.6 is 11.3 Å². The van der Waals surface area contributed by atoms with E-state index in [0.29, 0.717) is 0 Å². The Balaban J connectivity index is 1.96. The third kappa shape index (κ3) is 1.76. The van der Waals surface area contributed by atoms with E-state index in [1.165, 1.54) is 21.9 Å². The van der Waals surface area contributed by atoms with E-state index in [-0.39, 0.29) is 0 Å². The van der Waals surface area contributed by atoms with Crippen molar-refractivity contribution in [3.8, 4) is 0 Å². The van der Waals surface area contributed by atoms with Gasteiger partial charge in [0.25, 0.3) is 0 Å². The van der Waals surface area contributed by atoms with E-state index >= 15 is 0 Å². The Hall–Kier alpha value is -2.06. The van der Waals surface area contributed by atoms with Crippen LogP contribution in [0.1, 0.15) is 11.1 Å². The van der Waals surface area contributed by atoms with Gasteiger partial charge in [-0.25, -0.2) is 0 Å². The average Bonchev–Trinajstić information content (AvgIpc) is 3.06. The fourth-order valence-electron chi connectivity index (χ4n) is 2.56. The van der Waals surface area contributed by atoms with E-state index in [1.54, 1.807) is 11.3 Å². The largest absolute Gasteiger partial charge is 0.456 e. The van der Waals surface area contributed by atoms with Gasteiger partial charge in [0.05, 0.1) is 0 Å². The molecule has 2 aromatic heterocycles. The molecule has 0 saturated heterocycles. The van der Waals surface area contributed by atoms with E-state index in [1.807, 2.05) is 12.1 Å². The van der Waals surface area contributed by atoms with Gasteiger partial charge in [0.1, 0.15) is 11.2 Å². The lowest BCUT2D eigenvalue weighted by atomic mass is 10.0. The molecule has 2 aromatic carbocycles. The maximum absolute atomic E-state index is 6.04. The van der Waals surface area contributed by atoms with Crippen LogP contribution in [-0.4, -0.2) is 0 Å². The molecule has 0 aliphatic heterocycles. The number of furan rings is 1. The maximum atomic E-state index is 6.04. The van der Waals surface area contributed by atoms with E-state index in [2.05, 4.69) is 47.2 Å². The minimum absolute atomic E-state index is 0.931. The van der Waals surface area contributed by atoms with Gasteiger partial charge < -0.3 is 4.42 Å². The van der Waals surface area contributed by atoms with Gasteiger partial charge in [-0.05, 0) is 34.0 Å². The van der Waals surface area contributed by atoms with Crippen molar-refractivity contribution in [3.05, 3.63) is 70.4 Å². The van der Waals surface area contributed by atoms with Crippen LogP contribution in [0.25, 0.3) is 21.9 Å². The first-order valence-electron chi connectivity index (χ1n) is 6.32. The summed E-state index contributed by atoms with van der Waals surface area (Å²) in [6.07, 6.45) is 0.931. The highest BCUT2D eigenvalue weighted by molar-refractivity contribution is 7.07. The van der Waals surface area contributed by atoms with Crippen LogP contribution in [0.4, 0.5) is 0 Å². The molecule has 92 valence electrons. The summed E-state index contributed by atoms with van der Waals surface area (Å²) in [4.78, 5) is 0. The lowest BCUT2D eigenvalue weighted by Gasteiger charge is -2.00. The zero-order valence-corrected chi connectivity index (χ0v) is 11.1. The highest BCUT2D eigenvalue weighted by atomic mass is 32.1. The summed E-state index contributed by atoms with van der Waals surface area (Å²) in [7, 11) is 0. The molecular weight excluding hydrogens is 252 g/mol. The first kappa shape index (κ1) is 10.8. The molecule has 0 saturated carbocycles. The van der Waals surface area contributed by atoms with Crippen molar-refractivity contribution in [2.24, 2.45) is 0 Å². The molecule has 0 fully saturated rings. The summed E-state index contributed by atoms with van der Waals surface area (Å²) in [5.74, 6) is 0. The fraction of sp³-hybridized carbons (Fsp3) is 0.0588. The second kappa shape index (κ2) is 4.25. The third-order valence-electron chi connectivity index (χ3n) is 3.46. The Kier molecular flexibility index (Phi) is 2.42. The Labute approximate surface area is 115 Å². The predicted molar refractivity (Wildman–Crippen MR) is 80.8 cm³/mol.